The van der Waals surface area contributed by atoms with Gasteiger partial charge in [0.1, 0.15) is 11.2 Å². The van der Waals surface area contributed by atoms with E-state index in [1.807, 2.05) is 12.1 Å². The minimum Gasteiger partial charge on any atom is -0.456 e. The quantitative estimate of drug-likeness (QED) is 0.177. The van der Waals surface area contributed by atoms with E-state index < -0.39 is 0 Å². The van der Waals surface area contributed by atoms with E-state index in [0.717, 1.165) is 33.6 Å². The Morgan fingerprint density at radius 3 is 1.93 bits per heavy atom. The van der Waals surface area contributed by atoms with E-state index in [1.165, 1.54) is 71.4 Å². The minimum absolute atomic E-state index is 0.0545. The maximum Gasteiger partial charge on any atom is 0.136 e. The van der Waals surface area contributed by atoms with E-state index >= 15 is 0 Å². The molecule has 0 fully saturated rings. The van der Waals surface area contributed by atoms with Crippen molar-refractivity contribution in [2.24, 2.45) is 0 Å². The van der Waals surface area contributed by atoms with Crippen LogP contribution in [0.2, 0.25) is 0 Å². The van der Waals surface area contributed by atoms with Crippen molar-refractivity contribution in [2.75, 3.05) is 4.90 Å². The van der Waals surface area contributed by atoms with Crippen LogP contribution < -0.4 is 4.90 Å². The third-order valence-electron chi connectivity index (χ3n) is 11.8. The van der Waals surface area contributed by atoms with Gasteiger partial charge in [-0.05, 0) is 127 Å². The predicted molar refractivity (Wildman–Crippen MR) is 232 cm³/mol. The second-order valence-electron chi connectivity index (χ2n) is 15.4. The molecule has 1 aliphatic carbocycles. The minimum atomic E-state index is -0.0545. The molecule has 1 heterocycles. The first-order valence-corrected chi connectivity index (χ1v) is 19.1. The van der Waals surface area contributed by atoms with Gasteiger partial charge in [-0.1, -0.05) is 141 Å². The van der Waals surface area contributed by atoms with E-state index in [2.05, 4.69) is 195 Å². The first kappa shape index (κ1) is 31.6. The van der Waals surface area contributed by atoms with Crippen molar-refractivity contribution < 1.29 is 4.42 Å². The summed E-state index contributed by atoms with van der Waals surface area (Å²) in [6.45, 7) is 4.68. The third kappa shape index (κ3) is 5.02. The van der Waals surface area contributed by atoms with Crippen LogP contribution in [0.15, 0.2) is 192 Å². The van der Waals surface area contributed by atoms with Crippen LogP contribution in [0.25, 0.3) is 76.9 Å². The van der Waals surface area contributed by atoms with Gasteiger partial charge in [0.05, 0.1) is 0 Å². The lowest BCUT2D eigenvalue weighted by atomic mass is 9.82. The molecule has 0 unspecified atom stereocenters. The van der Waals surface area contributed by atoms with E-state index in [4.69, 9.17) is 4.42 Å². The van der Waals surface area contributed by atoms with E-state index in [1.54, 1.807) is 0 Å². The number of benzene rings is 9. The fraction of sp³-hybridized carbons (Fsp3) is 0.0566. The summed E-state index contributed by atoms with van der Waals surface area (Å²) in [6, 6.07) is 68.6. The van der Waals surface area contributed by atoms with Crippen LogP contribution >= 0.6 is 0 Å². The molecule has 1 aliphatic rings. The summed E-state index contributed by atoms with van der Waals surface area (Å²) in [5.41, 5.74) is 15.3. The Hall–Kier alpha value is -6.90. The van der Waals surface area contributed by atoms with Crippen molar-refractivity contribution in [3.63, 3.8) is 0 Å². The van der Waals surface area contributed by atoms with Crippen LogP contribution in [0.4, 0.5) is 17.1 Å². The molecule has 9 aromatic carbocycles. The highest BCUT2D eigenvalue weighted by Crippen LogP contribution is 2.51. The van der Waals surface area contributed by atoms with E-state index in [-0.39, 0.29) is 5.41 Å². The molecular weight excluding hydrogens is 667 g/mol. The van der Waals surface area contributed by atoms with Gasteiger partial charge in [-0.25, -0.2) is 0 Å². The third-order valence-corrected chi connectivity index (χ3v) is 11.8. The maximum atomic E-state index is 6.24. The summed E-state index contributed by atoms with van der Waals surface area (Å²) < 4.78 is 6.24. The maximum absolute atomic E-state index is 6.24. The van der Waals surface area contributed by atoms with Gasteiger partial charge in [-0.2, -0.15) is 0 Å². The summed E-state index contributed by atoms with van der Waals surface area (Å²) in [7, 11) is 0. The molecule has 0 radical (unpaired) electrons. The van der Waals surface area contributed by atoms with Crippen molar-refractivity contribution in [1.29, 1.82) is 0 Å². The van der Waals surface area contributed by atoms with Crippen LogP contribution in [0.5, 0.6) is 0 Å². The van der Waals surface area contributed by atoms with E-state index in [9.17, 15) is 0 Å². The molecule has 0 atom stereocenters. The van der Waals surface area contributed by atoms with Crippen LogP contribution in [0, 0.1) is 0 Å². The molecule has 0 N–H and O–H groups in total. The fourth-order valence-electron chi connectivity index (χ4n) is 9.01. The molecule has 2 nitrogen and oxygen atoms in total. The fourth-order valence-corrected chi connectivity index (χ4v) is 9.01. The van der Waals surface area contributed by atoms with Crippen molar-refractivity contribution in [3.05, 3.63) is 199 Å². The highest BCUT2D eigenvalue weighted by molar-refractivity contribution is 6.19. The second-order valence-corrected chi connectivity index (χ2v) is 15.4. The van der Waals surface area contributed by atoms with Crippen molar-refractivity contribution in [2.45, 2.75) is 19.3 Å². The molecule has 0 aliphatic heterocycles. The van der Waals surface area contributed by atoms with Gasteiger partial charge in [0.2, 0.25) is 0 Å². The Balaban J connectivity index is 1.04. The number of para-hydroxylation sites is 1. The van der Waals surface area contributed by atoms with Gasteiger partial charge in [-0.3, -0.25) is 0 Å². The van der Waals surface area contributed by atoms with Gasteiger partial charge in [0.15, 0.2) is 0 Å². The highest BCUT2D eigenvalue weighted by atomic mass is 16.3. The predicted octanol–water partition coefficient (Wildman–Crippen LogP) is 15.0. The van der Waals surface area contributed by atoms with Crippen molar-refractivity contribution >= 4 is 60.5 Å². The summed E-state index contributed by atoms with van der Waals surface area (Å²) in [4.78, 5) is 2.41. The molecule has 0 spiro atoms. The standard InChI is InChI=1S/C53H37NO/c1-53(2)48-16-7-5-14-44(48)47-33-43(27-28-49(47)53)54(42-13-9-12-38(31-42)39-20-18-34-10-3-4-11-37(34)30-39)41-25-22-35(23-26-41)40-21-19-36-24-29-51-52(46(36)32-40)45-15-6-8-17-50(45)55-51/h3-33H,1-2H3. The Morgan fingerprint density at radius 1 is 0.382 bits per heavy atom. The largest absolute Gasteiger partial charge is 0.456 e. The molecule has 10 aromatic rings. The number of furan rings is 1. The first-order chi connectivity index (χ1) is 27.0. The zero-order valence-corrected chi connectivity index (χ0v) is 30.8. The topological polar surface area (TPSA) is 16.4 Å². The average Bonchev–Trinajstić information content (AvgIpc) is 3.73. The average molecular weight is 704 g/mol. The Kier molecular flexibility index (Phi) is 6.93. The van der Waals surface area contributed by atoms with Crippen molar-refractivity contribution in [3.8, 4) is 33.4 Å². The molecular formula is C53H37NO. The second kappa shape index (κ2) is 12.1. The summed E-state index contributed by atoms with van der Waals surface area (Å²) in [6.07, 6.45) is 0. The number of rotatable bonds is 5. The number of hydrogen-bond donors (Lipinski definition) is 0. The zero-order chi connectivity index (χ0) is 36.7. The number of hydrogen-bond acceptors (Lipinski definition) is 2. The van der Waals surface area contributed by atoms with E-state index in [0.29, 0.717) is 0 Å². The SMILES string of the molecule is CC1(C)c2ccccc2-c2cc(N(c3ccc(-c4ccc5ccc6oc7ccccc7c6c5c4)cc3)c3cccc(-c4ccc5ccccc5c4)c3)ccc21. The zero-order valence-electron chi connectivity index (χ0n) is 30.8. The lowest BCUT2D eigenvalue weighted by Gasteiger charge is -2.28. The van der Waals surface area contributed by atoms with Crippen LogP contribution in [-0.2, 0) is 5.41 Å². The number of fused-ring (bicyclic) bond motifs is 9. The molecule has 0 saturated carbocycles. The molecule has 0 saturated heterocycles. The first-order valence-electron chi connectivity index (χ1n) is 19.1. The Labute approximate surface area is 320 Å². The smallest absolute Gasteiger partial charge is 0.136 e. The molecule has 11 rings (SSSR count). The van der Waals surface area contributed by atoms with Gasteiger partial charge in [0, 0.05) is 33.2 Å². The molecule has 0 bridgehead atoms. The summed E-state index contributed by atoms with van der Waals surface area (Å²) >= 11 is 0. The molecule has 55 heavy (non-hydrogen) atoms. The summed E-state index contributed by atoms with van der Waals surface area (Å²) in [5, 5.41) is 7.23. The van der Waals surface area contributed by atoms with Crippen LogP contribution in [0.3, 0.4) is 0 Å². The van der Waals surface area contributed by atoms with Crippen LogP contribution in [0.1, 0.15) is 25.0 Å². The molecule has 260 valence electrons. The van der Waals surface area contributed by atoms with Gasteiger partial charge in [0.25, 0.3) is 0 Å². The summed E-state index contributed by atoms with van der Waals surface area (Å²) in [5.74, 6) is 0. The lowest BCUT2D eigenvalue weighted by Crippen LogP contribution is -2.15. The molecule has 2 heteroatoms. The number of nitrogens with zero attached hydrogens (tertiary/aromatic N) is 1. The molecule has 1 aromatic heterocycles. The number of anilines is 3. The van der Waals surface area contributed by atoms with Gasteiger partial charge >= 0.3 is 0 Å². The normalized spacial score (nSPS) is 13.1. The van der Waals surface area contributed by atoms with Gasteiger partial charge in [-0.15, -0.1) is 0 Å². The monoisotopic (exact) mass is 703 g/mol. The lowest BCUT2D eigenvalue weighted by molar-refractivity contribution is 0.660. The van der Waals surface area contributed by atoms with Crippen molar-refractivity contribution in [1.82, 2.24) is 0 Å². The Morgan fingerprint density at radius 2 is 1.04 bits per heavy atom. The van der Waals surface area contributed by atoms with Crippen LogP contribution in [-0.4, -0.2) is 0 Å². The molecule has 0 amide bonds. The highest BCUT2D eigenvalue weighted by Gasteiger charge is 2.35. The Bertz CT molecular complexity index is 3130. The van der Waals surface area contributed by atoms with Gasteiger partial charge < -0.3 is 9.32 Å².